The third kappa shape index (κ3) is 2.77. The Morgan fingerprint density at radius 3 is 2.29 bits per heavy atom. The molecule has 5 rings (SSSR count). The van der Waals surface area contributed by atoms with E-state index >= 15 is 0 Å². The highest BCUT2D eigenvalue weighted by Gasteiger charge is 2.78. The van der Waals surface area contributed by atoms with Crippen LogP contribution in [0.5, 0.6) is 0 Å². The third-order valence-electron chi connectivity index (χ3n) is 6.94. The predicted octanol–water partition coefficient (Wildman–Crippen LogP) is -0.206. The first-order chi connectivity index (χ1) is 16.2. The van der Waals surface area contributed by atoms with Gasteiger partial charge in [-0.1, -0.05) is 48.5 Å². The minimum atomic E-state index is -1.98. The number of rotatable bonds is 4. The van der Waals surface area contributed by atoms with Gasteiger partial charge in [-0.2, -0.15) is 5.06 Å². The summed E-state index contributed by atoms with van der Waals surface area (Å²) in [5.41, 5.74) is 9.56. The van der Waals surface area contributed by atoms with Gasteiger partial charge in [0.2, 0.25) is 11.6 Å². The van der Waals surface area contributed by atoms with E-state index in [-0.39, 0.29) is 11.9 Å². The summed E-state index contributed by atoms with van der Waals surface area (Å²) in [6.07, 6.45) is -1.23. The summed E-state index contributed by atoms with van der Waals surface area (Å²) in [4.78, 5) is 23.3. The predicted molar refractivity (Wildman–Crippen MR) is 122 cm³/mol. The summed E-state index contributed by atoms with van der Waals surface area (Å²) in [5, 5.41) is 34.0. The summed E-state index contributed by atoms with van der Waals surface area (Å²) in [7, 11) is 0. The van der Waals surface area contributed by atoms with Crippen molar-refractivity contribution in [1.29, 1.82) is 0 Å². The zero-order valence-corrected chi connectivity index (χ0v) is 18.4. The number of benzene rings is 2. The average molecular weight is 466 g/mol. The Morgan fingerprint density at radius 2 is 1.68 bits per heavy atom. The quantitative estimate of drug-likeness (QED) is 0.383. The second kappa shape index (κ2) is 7.69. The number of guanidine groups is 2. The van der Waals surface area contributed by atoms with Gasteiger partial charge in [-0.25, -0.2) is 14.8 Å². The number of hydroxylamine groups is 2. The van der Waals surface area contributed by atoms with Gasteiger partial charge < -0.3 is 31.3 Å². The summed E-state index contributed by atoms with van der Waals surface area (Å²) in [6.45, 7) is 0.982. The second-order valence-electron chi connectivity index (χ2n) is 8.77. The van der Waals surface area contributed by atoms with Crippen molar-refractivity contribution >= 4 is 17.9 Å². The third-order valence-corrected chi connectivity index (χ3v) is 6.94. The van der Waals surface area contributed by atoms with Gasteiger partial charge in [0.05, 0.1) is 18.2 Å². The van der Waals surface area contributed by atoms with Gasteiger partial charge in [0.15, 0.2) is 12.1 Å². The number of esters is 1. The number of nitrogens with two attached hydrogens (primary N) is 2. The van der Waals surface area contributed by atoms with Crippen LogP contribution in [0.15, 0.2) is 70.6 Å². The molecule has 0 aromatic heterocycles. The van der Waals surface area contributed by atoms with Crippen LogP contribution in [-0.2, 0) is 4.74 Å². The minimum absolute atomic E-state index is 0.0633. The van der Waals surface area contributed by atoms with Crippen molar-refractivity contribution in [3.05, 3.63) is 71.8 Å². The van der Waals surface area contributed by atoms with Crippen molar-refractivity contribution in [3.63, 3.8) is 0 Å². The van der Waals surface area contributed by atoms with Crippen molar-refractivity contribution in [1.82, 2.24) is 9.96 Å². The Kier molecular flexibility index (Phi) is 5.01. The van der Waals surface area contributed by atoms with Crippen LogP contribution in [0.3, 0.4) is 0 Å². The van der Waals surface area contributed by atoms with E-state index in [1.165, 1.54) is 11.8 Å². The van der Waals surface area contributed by atoms with Gasteiger partial charge in [0.1, 0.15) is 17.7 Å². The molecule has 1 saturated heterocycles. The van der Waals surface area contributed by atoms with Crippen LogP contribution in [0.4, 0.5) is 0 Å². The van der Waals surface area contributed by atoms with Crippen LogP contribution in [0.25, 0.3) is 0 Å². The lowest BCUT2D eigenvalue weighted by Gasteiger charge is -2.52. The zero-order chi connectivity index (χ0) is 24.3. The molecule has 0 saturated carbocycles. The molecule has 3 unspecified atom stereocenters. The molecule has 1 fully saturated rings. The molecule has 11 nitrogen and oxygen atoms in total. The number of hydrogen-bond donors (Lipinski definition) is 5. The van der Waals surface area contributed by atoms with Crippen LogP contribution in [0.2, 0.25) is 0 Å². The summed E-state index contributed by atoms with van der Waals surface area (Å²) in [5.74, 6) is -1.00. The van der Waals surface area contributed by atoms with Crippen molar-refractivity contribution in [2.75, 3.05) is 6.61 Å². The topological polar surface area (TPSA) is 170 Å². The standard InChI is InChI=1S/C23H26N6O5/c1-22(32)18(34-19(31)14-10-6-3-7-11-14)16(13-8-4-2-5-9-13)28-20(24)26-15(12-30)17-23(22,28)29(33)21(25)27-17/h2-11,15-18,30,32-33H,12H2,1H3,(H2,24,26)(H2,25,27)/t15?,16-,17?,18+,22+,23?/m1/s1. The number of aliphatic hydroxyl groups is 2. The average Bonchev–Trinajstić information content (AvgIpc) is 3.23. The summed E-state index contributed by atoms with van der Waals surface area (Å²) >= 11 is 0. The molecule has 178 valence electrons. The smallest absolute Gasteiger partial charge is 0.338 e. The fraction of sp³-hybridized carbons (Fsp3) is 0.348. The molecule has 1 spiro atoms. The number of hydrogen-bond acceptors (Lipinski definition) is 11. The molecule has 2 aromatic rings. The number of ether oxygens (including phenoxy) is 1. The molecule has 0 bridgehead atoms. The molecule has 34 heavy (non-hydrogen) atoms. The fourth-order valence-corrected chi connectivity index (χ4v) is 5.48. The molecule has 7 N–H and O–H groups in total. The Morgan fingerprint density at radius 1 is 1.06 bits per heavy atom. The van der Waals surface area contributed by atoms with Crippen molar-refractivity contribution in [2.24, 2.45) is 21.5 Å². The van der Waals surface area contributed by atoms with Gasteiger partial charge in [-0.05, 0) is 24.6 Å². The molecule has 0 amide bonds. The van der Waals surface area contributed by atoms with Crippen LogP contribution < -0.4 is 11.5 Å². The molecular weight excluding hydrogens is 440 g/mol. The highest BCUT2D eigenvalue weighted by Crippen LogP contribution is 2.57. The summed E-state index contributed by atoms with van der Waals surface area (Å²) < 4.78 is 5.94. The molecule has 2 aromatic carbocycles. The Balaban J connectivity index is 1.71. The van der Waals surface area contributed by atoms with Crippen molar-refractivity contribution in [2.45, 2.75) is 42.4 Å². The van der Waals surface area contributed by atoms with E-state index in [0.717, 1.165) is 0 Å². The number of aliphatic hydroxyl groups excluding tert-OH is 1. The maximum absolute atomic E-state index is 13.1. The molecule has 6 atom stereocenters. The summed E-state index contributed by atoms with van der Waals surface area (Å²) in [6, 6.07) is 14.6. The molecule has 0 aliphatic carbocycles. The van der Waals surface area contributed by atoms with E-state index < -0.39 is 48.1 Å². The van der Waals surface area contributed by atoms with Gasteiger partial charge in [-0.3, -0.25) is 5.21 Å². The van der Waals surface area contributed by atoms with E-state index in [1.807, 2.05) is 6.07 Å². The Bertz CT molecular complexity index is 1160. The maximum Gasteiger partial charge on any atom is 0.338 e. The molecule has 3 heterocycles. The van der Waals surface area contributed by atoms with Crippen LogP contribution in [-0.4, -0.2) is 79.3 Å². The SMILES string of the molecule is C[C@]1(O)[C@@H](OC(=O)c2ccccc2)[C@@H](c2ccccc2)N2C(N)=NC(CO)C3N=C(N)N(O)C321. The molecule has 11 heteroatoms. The van der Waals surface area contributed by atoms with Crippen LogP contribution >= 0.6 is 0 Å². The lowest BCUT2D eigenvalue weighted by atomic mass is 9.78. The molecular formula is C23H26N6O5. The molecule has 3 aliphatic rings. The van der Waals surface area contributed by atoms with Gasteiger partial charge in [-0.15, -0.1) is 0 Å². The zero-order valence-electron chi connectivity index (χ0n) is 18.4. The van der Waals surface area contributed by atoms with E-state index in [1.54, 1.807) is 54.6 Å². The Hall–Kier alpha value is -3.67. The first-order valence-electron chi connectivity index (χ1n) is 10.8. The van der Waals surface area contributed by atoms with Crippen molar-refractivity contribution < 1.29 is 25.0 Å². The molecule has 3 aliphatic heterocycles. The normalized spacial score (nSPS) is 34.2. The first kappa shape index (κ1) is 22.1. The van der Waals surface area contributed by atoms with Gasteiger partial charge in [0.25, 0.3) is 0 Å². The van der Waals surface area contributed by atoms with Crippen LogP contribution in [0.1, 0.15) is 28.9 Å². The number of carbonyl (C=O) groups is 1. The number of aliphatic imine (C=N–C) groups is 2. The van der Waals surface area contributed by atoms with E-state index in [0.29, 0.717) is 16.2 Å². The number of carbonyl (C=O) groups excluding carboxylic acids is 1. The fourth-order valence-electron chi connectivity index (χ4n) is 5.48. The highest BCUT2D eigenvalue weighted by atomic mass is 16.6. The molecule has 0 radical (unpaired) electrons. The maximum atomic E-state index is 13.1. The highest BCUT2D eigenvalue weighted by molar-refractivity contribution is 5.90. The number of nitrogens with zero attached hydrogens (tertiary/aromatic N) is 4. The van der Waals surface area contributed by atoms with E-state index in [9.17, 15) is 20.2 Å². The largest absolute Gasteiger partial charge is 0.453 e. The lowest BCUT2D eigenvalue weighted by Crippen LogP contribution is -2.77. The minimum Gasteiger partial charge on any atom is -0.453 e. The van der Waals surface area contributed by atoms with E-state index in [4.69, 9.17) is 16.2 Å². The monoisotopic (exact) mass is 466 g/mol. The Labute approximate surface area is 195 Å². The van der Waals surface area contributed by atoms with Crippen molar-refractivity contribution in [3.8, 4) is 0 Å². The van der Waals surface area contributed by atoms with E-state index in [2.05, 4.69) is 9.98 Å². The van der Waals surface area contributed by atoms with Gasteiger partial charge >= 0.3 is 5.97 Å². The van der Waals surface area contributed by atoms with Gasteiger partial charge in [0, 0.05) is 0 Å². The second-order valence-corrected chi connectivity index (χ2v) is 8.77. The lowest BCUT2D eigenvalue weighted by molar-refractivity contribution is -0.229. The van der Waals surface area contributed by atoms with Crippen LogP contribution in [0, 0.1) is 0 Å². The first-order valence-corrected chi connectivity index (χ1v) is 10.8.